The molecule has 8 heteroatoms. The molecule has 1 N–H and O–H groups in total. The highest BCUT2D eigenvalue weighted by Gasteiger charge is 2.28. The van der Waals surface area contributed by atoms with Gasteiger partial charge in [-0.2, -0.15) is 5.10 Å². The number of anilines is 1. The summed E-state index contributed by atoms with van der Waals surface area (Å²) >= 11 is 0. The minimum absolute atomic E-state index is 0.283. The van der Waals surface area contributed by atoms with Gasteiger partial charge in [-0.3, -0.25) is 9.00 Å². The molecule has 4 rings (SSSR count). The number of nitrogens with one attached hydrogen (secondary N) is 1. The molecule has 26 heavy (non-hydrogen) atoms. The Kier molecular flexibility index (Phi) is 4.12. The van der Waals surface area contributed by atoms with Gasteiger partial charge in [0.2, 0.25) is 0 Å². The molecule has 1 unspecified atom stereocenters. The van der Waals surface area contributed by atoms with Crippen LogP contribution in [0.4, 0.5) is 14.6 Å². The summed E-state index contributed by atoms with van der Waals surface area (Å²) in [5, 5.41) is 7.20. The Morgan fingerprint density at radius 1 is 1.00 bits per heavy atom. The lowest BCUT2D eigenvalue weighted by Crippen LogP contribution is -2.16. The average Bonchev–Trinajstić information content (AvgIpc) is 3.13. The number of nitrogens with zero attached hydrogens (tertiary/aromatic N) is 2. The van der Waals surface area contributed by atoms with Gasteiger partial charge in [-0.1, -0.05) is 0 Å². The second-order valence-electron chi connectivity index (χ2n) is 5.85. The van der Waals surface area contributed by atoms with E-state index < -0.39 is 22.5 Å². The second-order valence-corrected chi connectivity index (χ2v) is 7.31. The van der Waals surface area contributed by atoms with E-state index >= 15 is 0 Å². The Morgan fingerprint density at radius 2 is 1.62 bits per heavy atom. The van der Waals surface area contributed by atoms with E-state index in [1.165, 1.54) is 41.1 Å². The van der Waals surface area contributed by atoms with Crippen LogP contribution in [0.3, 0.4) is 0 Å². The van der Waals surface area contributed by atoms with Crippen LogP contribution in [0, 0.1) is 11.6 Å². The zero-order chi connectivity index (χ0) is 18.3. The van der Waals surface area contributed by atoms with Crippen molar-refractivity contribution >= 4 is 22.5 Å². The summed E-state index contributed by atoms with van der Waals surface area (Å²) < 4.78 is 39.6. The third-order valence-corrected chi connectivity index (χ3v) is 5.29. The minimum atomic E-state index is -1.07. The first kappa shape index (κ1) is 16.6. The molecule has 0 fully saturated rings. The topological polar surface area (TPSA) is 64.0 Å². The molecule has 2 aromatic carbocycles. The number of carbonyl (C=O) groups is 1. The zero-order valence-electron chi connectivity index (χ0n) is 13.4. The van der Waals surface area contributed by atoms with E-state index in [1.807, 2.05) is 0 Å². The lowest BCUT2D eigenvalue weighted by Gasteiger charge is -2.11. The van der Waals surface area contributed by atoms with Gasteiger partial charge in [-0.25, -0.2) is 13.5 Å². The molecular weight excluding hydrogens is 360 g/mol. The molecule has 132 valence electrons. The third kappa shape index (κ3) is 3.03. The fourth-order valence-electron chi connectivity index (χ4n) is 2.81. The fourth-order valence-corrected chi connectivity index (χ4v) is 4.07. The molecule has 0 radical (unpaired) electrons. The number of hydrogen-bond donors (Lipinski definition) is 1. The average molecular weight is 373 g/mol. The molecule has 2 heterocycles. The van der Waals surface area contributed by atoms with Crippen LogP contribution in [0.15, 0.2) is 48.5 Å². The first-order valence-corrected chi connectivity index (χ1v) is 9.28. The Labute approximate surface area is 150 Å². The van der Waals surface area contributed by atoms with Crippen LogP contribution in [0.2, 0.25) is 0 Å². The van der Waals surface area contributed by atoms with Crippen molar-refractivity contribution in [2.75, 3.05) is 5.32 Å². The monoisotopic (exact) mass is 373 g/mol. The van der Waals surface area contributed by atoms with Gasteiger partial charge in [0.1, 0.15) is 17.5 Å². The van der Waals surface area contributed by atoms with Gasteiger partial charge in [0.15, 0.2) is 0 Å². The molecule has 1 aliphatic rings. The third-order valence-electron chi connectivity index (χ3n) is 4.08. The molecule has 1 atom stereocenters. The summed E-state index contributed by atoms with van der Waals surface area (Å²) in [5.74, 6) is -0.264. The number of benzene rings is 2. The predicted molar refractivity (Wildman–Crippen MR) is 93.4 cm³/mol. The molecule has 1 aromatic heterocycles. The summed E-state index contributed by atoms with van der Waals surface area (Å²) in [5.41, 5.74) is 2.19. The quantitative estimate of drug-likeness (QED) is 0.767. The molecule has 0 aliphatic carbocycles. The molecule has 0 saturated carbocycles. The van der Waals surface area contributed by atoms with Crippen molar-refractivity contribution in [1.29, 1.82) is 0 Å². The van der Waals surface area contributed by atoms with E-state index in [2.05, 4.69) is 10.4 Å². The molecule has 1 amide bonds. The molecule has 0 saturated heterocycles. The number of amides is 1. The maximum absolute atomic E-state index is 13.2. The van der Waals surface area contributed by atoms with Crippen LogP contribution in [0.1, 0.15) is 21.6 Å². The van der Waals surface area contributed by atoms with E-state index in [0.29, 0.717) is 28.5 Å². The summed E-state index contributed by atoms with van der Waals surface area (Å²) in [4.78, 5) is 12.5. The maximum atomic E-state index is 13.2. The first-order valence-electron chi connectivity index (χ1n) is 7.80. The number of fused-ring (bicyclic) bond motifs is 1. The molecule has 3 aromatic rings. The molecular formula is C18H13F2N3O2S. The van der Waals surface area contributed by atoms with Crippen LogP contribution in [0.25, 0.3) is 5.69 Å². The number of carbonyl (C=O) groups excluding carboxylic acids is 1. The summed E-state index contributed by atoms with van der Waals surface area (Å²) in [6.07, 6.45) is 0. The Morgan fingerprint density at radius 3 is 2.27 bits per heavy atom. The second kappa shape index (κ2) is 6.45. The largest absolute Gasteiger partial charge is 0.306 e. The van der Waals surface area contributed by atoms with Crippen LogP contribution < -0.4 is 5.32 Å². The fraction of sp³-hybridized carbons (Fsp3) is 0.111. The van der Waals surface area contributed by atoms with Crippen molar-refractivity contribution in [2.45, 2.75) is 11.5 Å². The lowest BCUT2D eigenvalue weighted by atomic mass is 10.2. The number of rotatable bonds is 3. The first-order chi connectivity index (χ1) is 12.5. The highest BCUT2D eigenvalue weighted by Crippen LogP contribution is 2.31. The van der Waals surface area contributed by atoms with Gasteiger partial charge in [-0.05, 0) is 48.5 Å². The van der Waals surface area contributed by atoms with E-state index in [-0.39, 0.29) is 17.1 Å². The van der Waals surface area contributed by atoms with Crippen LogP contribution in [0.5, 0.6) is 0 Å². The highest BCUT2D eigenvalue weighted by molar-refractivity contribution is 7.83. The standard InChI is InChI=1S/C18H13F2N3O2S/c19-12-3-1-11(2-4-12)18(24)21-17-15-9-26(25)10-16(15)22-23(17)14-7-5-13(20)6-8-14/h1-8H,9-10H2,(H,21,24). The smallest absolute Gasteiger partial charge is 0.256 e. The van der Waals surface area contributed by atoms with Crippen LogP contribution >= 0.6 is 0 Å². The highest BCUT2D eigenvalue weighted by atomic mass is 32.2. The van der Waals surface area contributed by atoms with Crippen molar-refractivity contribution in [3.8, 4) is 5.69 Å². The summed E-state index contributed by atoms with van der Waals surface area (Å²) in [6.45, 7) is 0. The van der Waals surface area contributed by atoms with Crippen LogP contribution in [-0.2, 0) is 22.3 Å². The maximum Gasteiger partial charge on any atom is 0.256 e. The molecule has 0 spiro atoms. The van der Waals surface area contributed by atoms with Gasteiger partial charge >= 0.3 is 0 Å². The predicted octanol–water partition coefficient (Wildman–Crippen LogP) is 3.17. The summed E-state index contributed by atoms with van der Waals surface area (Å²) in [6, 6.07) is 10.8. The Hall–Kier alpha value is -2.87. The minimum Gasteiger partial charge on any atom is -0.306 e. The van der Waals surface area contributed by atoms with Gasteiger partial charge < -0.3 is 5.32 Å². The number of hydrogen-bond acceptors (Lipinski definition) is 3. The normalized spacial score (nSPS) is 15.7. The molecule has 0 bridgehead atoms. The number of aromatic nitrogens is 2. The van der Waals surface area contributed by atoms with E-state index in [9.17, 15) is 17.8 Å². The van der Waals surface area contributed by atoms with Crippen molar-refractivity contribution in [3.05, 3.63) is 77.0 Å². The van der Waals surface area contributed by atoms with Crippen molar-refractivity contribution in [1.82, 2.24) is 9.78 Å². The van der Waals surface area contributed by atoms with Gasteiger partial charge in [0.25, 0.3) is 5.91 Å². The zero-order valence-corrected chi connectivity index (χ0v) is 14.2. The van der Waals surface area contributed by atoms with E-state index in [4.69, 9.17) is 0 Å². The van der Waals surface area contributed by atoms with E-state index in [1.54, 1.807) is 12.1 Å². The van der Waals surface area contributed by atoms with Gasteiger partial charge in [-0.15, -0.1) is 0 Å². The Balaban J connectivity index is 1.74. The van der Waals surface area contributed by atoms with Gasteiger partial charge in [0, 0.05) is 21.9 Å². The SMILES string of the molecule is O=C(Nc1c2c(nn1-c1ccc(F)cc1)CS(=O)C2)c1ccc(F)cc1. The molecule has 5 nitrogen and oxygen atoms in total. The van der Waals surface area contributed by atoms with Crippen LogP contribution in [-0.4, -0.2) is 19.9 Å². The van der Waals surface area contributed by atoms with Crippen molar-refractivity contribution in [3.63, 3.8) is 0 Å². The van der Waals surface area contributed by atoms with E-state index in [0.717, 1.165) is 0 Å². The van der Waals surface area contributed by atoms with Crippen molar-refractivity contribution < 1.29 is 17.8 Å². The molecule has 1 aliphatic heterocycles. The Bertz CT molecular complexity index is 1010. The summed E-state index contributed by atoms with van der Waals surface area (Å²) in [7, 11) is -1.07. The van der Waals surface area contributed by atoms with Crippen molar-refractivity contribution in [2.24, 2.45) is 0 Å². The number of halogens is 2. The lowest BCUT2D eigenvalue weighted by molar-refractivity contribution is 0.102. The van der Waals surface area contributed by atoms with Gasteiger partial charge in [0.05, 0.1) is 22.9 Å².